The third-order valence-electron chi connectivity index (χ3n) is 3.88. The number of rotatable bonds is 2. The van der Waals surface area contributed by atoms with Crippen LogP contribution in [0.15, 0.2) is 24.3 Å². The molecule has 1 aromatic carbocycles. The summed E-state index contributed by atoms with van der Waals surface area (Å²) in [4.78, 5) is 0. The molecule has 0 spiro atoms. The molecule has 92 valence electrons. The van der Waals surface area contributed by atoms with Crippen LogP contribution in [0.2, 0.25) is 0 Å². The molecule has 3 rings (SSSR count). The number of nitrogens with zero attached hydrogens (tertiary/aromatic N) is 1. The van der Waals surface area contributed by atoms with Crippen LogP contribution in [0.4, 0.5) is 4.39 Å². The molecule has 1 aromatic rings. The summed E-state index contributed by atoms with van der Waals surface area (Å²) >= 11 is 0. The summed E-state index contributed by atoms with van der Waals surface area (Å²) < 4.78 is 13.7. The second kappa shape index (κ2) is 4.75. The number of benzene rings is 1. The van der Waals surface area contributed by atoms with Crippen LogP contribution in [0.3, 0.4) is 0 Å². The number of alkyl halides is 1. The molecule has 1 heterocycles. The third-order valence-corrected chi connectivity index (χ3v) is 3.88. The first-order valence-electron chi connectivity index (χ1n) is 6.59. The van der Waals surface area contributed by atoms with Crippen LogP contribution >= 0.6 is 0 Å². The van der Waals surface area contributed by atoms with Gasteiger partial charge in [0.15, 0.2) is 6.30 Å². The highest BCUT2D eigenvalue weighted by atomic mass is 19.1. The van der Waals surface area contributed by atoms with Crippen LogP contribution in [0, 0.1) is 0 Å². The Morgan fingerprint density at radius 2 is 2.06 bits per heavy atom. The molecule has 0 bridgehead atoms. The molecule has 2 unspecified atom stereocenters. The van der Waals surface area contributed by atoms with Crippen LogP contribution in [0.25, 0.3) is 0 Å². The van der Waals surface area contributed by atoms with Gasteiger partial charge in [-0.2, -0.15) is 0 Å². The molecule has 0 radical (unpaired) electrons. The van der Waals surface area contributed by atoms with Gasteiger partial charge in [0.25, 0.3) is 0 Å². The Morgan fingerprint density at radius 1 is 1.18 bits per heavy atom. The zero-order chi connectivity index (χ0) is 11.7. The van der Waals surface area contributed by atoms with Crippen molar-refractivity contribution in [3.05, 3.63) is 35.4 Å². The van der Waals surface area contributed by atoms with Crippen molar-refractivity contribution < 1.29 is 4.39 Å². The summed E-state index contributed by atoms with van der Waals surface area (Å²) in [5.74, 6) is 0. The maximum Gasteiger partial charge on any atom is 0.165 e. The number of fused-ring (bicyclic) bond motifs is 1. The average molecular weight is 234 g/mol. The van der Waals surface area contributed by atoms with Crippen molar-refractivity contribution in [1.82, 2.24) is 10.4 Å². The maximum absolute atomic E-state index is 13.7. The maximum atomic E-state index is 13.7. The summed E-state index contributed by atoms with van der Waals surface area (Å²) in [7, 11) is 0. The van der Waals surface area contributed by atoms with Gasteiger partial charge >= 0.3 is 0 Å². The SMILES string of the molecule is FC1CCCCN1NC1CCc2ccccc21. The Morgan fingerprint density at radius 3 is 2.94 bits per heavy atom. The van der Waals surface area contributed by atoms with E-state index in [-0.39, 0.29) is 0 Å². The lowest BCUT2D eigenvalue weighted by atomic mass is 10.1. The summed E-state index contributed by atoms with van der Waals surface area (Å²) in [5, 5.41) is 1.80. The third kappa shape index (κ3) is 2.22. The first-order valence-corrected chi connectivity index (χ1v) is 6.59. The Hall–Kier alpha value is -0.930. The Bertz CT molecular complexity index is 394. The fourth-order valence-electron chi connectivity index (χ4n) is 2.93. The molecule has 0 amide bonds. The fraction of sp³-hybridized carbons (Fsp3) is 0.571. The van der Waals surface area contributed by atoms with Crippen molar-refractivity contribution in [2.45, 2.75) is 44.4 Å². The molecule has 1 aliphatic carbocycles. The standard InChI is InChI=1S/C14H19FN2/c15-14-7-3-4-10-17(14)16-13-9-8-11-5-1-2-6-12(11)13/h1-2,5-6,13-14,16H,3-4,7-10H2. The number of aryl methyl sites for hydroxylation is 1. The highest BCUT2D eigenvalue weighted by Crippen LogP contribution is 2.31. The molecule has 1 fully saturated rings. The van der Waals surface area contributed by atoms with E-state index in [1.165, 1.54) is 11.1 Å². The minimum absolute atomic E-state index is 0.308. The summed E-state index contributed by atoms with van der Waals surface area (Å²) in [5.41, 5.74) is 6.15. The van der Waals surface area contributed by atoms with E-state index in [0.717, 1.165) is 32.2 Å². The van der Waals surface area contributed by atoms with E-state index in [9.17, 15) is 4.39 Å². The van der Waals surface area contributed by atoms with E-state index in [1.807, 2.05) is 0 Å². The quantitative estimate of drug-likeness (QED) is 0.791. The molecule has 17 heavy (non-hydrogen) atoms. The predicted octanol–water partition coefficient (Wildman–Crippen LogP) is 2.96. The normalized spacial score (nSPS) is 29.2. The lowest BCUT2D eigenvalue weighted by Gasteiger charge is -2.33. The first kappa shape index (κ1) is 11.2. The minimum Gasteiger partial charge on any atom is -0.245 e. The van der Waals surface area contributed by atoms with E-state index in [1.54, 1.807) is 5.01 Å². The molecular weight excluding hydrogens is 215 g/mol. The van der Waals surface area contributed by atoms with Gasteiger partial charge in [-0.25, -0.2) is 14.8 Å². The number of hydrogen-bond donors (Lipinski definition) is 1. The number of nitrogens with one attached hydrogen (secondary N) is 1. The Kier molecular flexibility index (Phi) is 3.12. The first-order chi connectivity index (χ1) is 8.34. The molecule has 1 N–H and O–H groups in total. The van der Waals surface area contributed by atoms with Crippen molar-refractivity contribution in [1.29, 1.82) is 0 Å². The molecular formula is C14H19FN2. The number of halogens is 1. The summed E-state index contributed by atoms with van der Waals surface area (Å²) in [6.07, 6.45) is 4.17. The largest absolute Gasteiger partial charge is 0.245 e. The van der Waals surface area contributed by atoms with Gasteiger partial charge in [0.2, 0.25) is 0 Å². The molecule has 2 aliphatic rings. The van der Waals surface area contributed by atoms with Gasteiger partial charge in [0.05, 0.1) is 0 Å². The van der Waals surface area contributed by atoms with Crippen molar-refractivity contribution >= 4 is 0 Å². The van der Waals surface area contributed by atoms with E-state index in [2.05, 4.69) is 29.7 Å². The molecule has 0 saturated carbocycles. The van der Waals surface area contributed by atoms with Gasteiger partial charge in [-0.15, -0.1) is 0 Å². The van der Waals surface area contributed by atoms with Gasteiger partial charge < -0.3 is 0 Å². The molecule has 1 saturated heterocycles. The minimum atomic E-state index is -0.809. The van der Waals surface area contributed by atoms with E-state index >= 15 is 0 Å². The molecule has 2 atom stereocenters. The van der Waals surface area contributed by atoms with Gasteiger partial charge in [0, 0.05) is 12.6 Å². The van der Waals surface area contributed by atoms with Crippen LogP contribution in [0.5, 0.6) is 0 Å². The van der Waals surface area contributed by atoms with Crippen molar-refractivity contribution in [3.63, 3.8) is 0 Å². The highest BCUT2D eigenvalue weighted by molar-refractivity contribution is 5.34. The highest BCUT2D eigenvalue weighted by Gasteiger charge is 2.28. The van der Waals surface area contributed by atoms with E-state index in [4.69, 9.17) is 0 Å². The topological polar surface area (TPSA) is 15.3 Å². The summed E-state index contributed by atoms with van der Waals surface area (Å²) in [6.45, 7) is 0.833. The van der Waals surface area contributed by atoms with Crippen molar-refractivity contribution in [2.75, 3.05) is 6.54 Å². The molecule has 3 heteroatoms. The molecule has 1 aliphatic heterocycles. The Labute approximate surface area is 102 Å². The van der Waals surface area contributed by atoms with Gasteiger partial charge in [0.1, 0.15) is 0 Å². The zero-order valence-corrected chi connectivity index (χ0v) is 10.0. The smallest absolute Gasteiger partial charge is 0.165 e. The molecule has 0 aromatic heterocycles. The number of hydrogen-bond acceptors (Lipinski definition) is 2. The van der Waals surface area contributed by atoms with Gasteiger partial charge in [-0.3, -0.25) is 0 Å². The summed E-state index contributed by atoms with van der Waals surface area (Å²) in [6, 6.07) is 8.81. The van der Waals surface area contributed by atoms with Crippen LogP contribution < -0.4 is 5.43 Å². The average Bonchev–Trinajstić information content (AvgIpc) is 2.76. The second-order valence-corrected chi connectivity index (χ2v) is 5.04. The zero-order valence-electron chi connectivity index (χ0n) is 10.0. The second-order valence-electron chi connectivity index (χ2n) is 5.04. The van der Waals surface area contributed by atoms with E-state index < -0.39 is 6.30 Å². The van der Waals surface area contributed by atoms with Crippen LogP contribution in [-0.2, 0) is 6.42 Å². The Balaban J connectivity index is 1.70. The van der Waals surface area contributed by atoms with Crippen LogP contribution in [0.1, 0.15) is 42.9 Å². The monoisotopic (exact) mass is 234 g/mol. The van der Waals surface area contributed by atoms with Crippen molar-refractivity contribution in [3.8, 4) is 0 Å². The van der Waals surface area contributed by atoms with Crippen LogP contribution in [-0.4, -0.2) is 17.8 Å². The fourth-order valence-corrected chi connectivity index (χ4v) is 2.93. The van der Waals surface area contributed by atoms with Crippen molar-refractivity contribution in [2.24, 2.45) is 0 Å². The lowest BCUT2D eigenvalue weighted by Crippen LogP contribution is -2.47. The van der Waals surface area contributed by atoms with E-state index in [0.29, 0.717) is 12.5 Å². The molecule has 2 nitrogen and oxygen atoms in total. The van der Waals surface area contributed by atoms with Gasteiger partial charge in [-0.1, -0.05) is 24.3 Å². The predicted molar refractivity (Wildman–Crippen MR) is 66.1 cm³/mol. The number of piperidine rings is 1. The lowest BCUT2D eigenvalue weighted by molar-refractivity contribution is -0.0101. The number of hydrazine groups is 1. The van der Waals surface area contributed by atoms with Gasteiger partial charge in [-0.05, 0) is 43.2 Å².